The number of carbonyl (C=O) groups excluding carboxylic acids is 4. The number of halogens is 1. The number of carbonyl (C=O) groups is 4. The van der Waals surface area contributed by atoms with Crippen molar-refractivity contribution in [3.63, 3.8) is 0 Å². The Hall–Kier alpha value is -13.4. The number of para-hydroxylation sites is 4. The summed E-state index contributed by atoms with van der Waals surface area (Å²) in [6, 6.07) is 27.6. The fourth-order valence-electron chi connectivity index (χ4n) is 17.4. The zero-order valence-corrected chi connectivity index (χ0v) is 86.3. The van der Waals surface area contributed by atoms with E-state index in [1.807, 2.05) is 38.2 Å². The van der Waals surface area contributed by atoms with E-state index in [9.17, 15) is 80.5 Å². The van der Waals surface area contributed by atoms with Crippen LogP contribution in [0.1, 0.15) is 278 Å². The van der Waals surface area contributed by atoms with E-state index in [0.29, 0.717) is 63.4 Å². The molecule has 750 valence electrons. The summed E-state index contributed by atoms with van der Waals surface area (Å²) in [5.74, 6) is -1.81. The minimum atomic E-state index is -2.85. The minimum absolute atomic E-state index is 0.0262. The number of nitrogens with zero attached hydrogens (tertiary/aromatic N) is 7. The number of fused-ring (bicyclic) bond motifs is 8. The van der Waals surface area contributed by atoms with Crippen LogP contribution in [0.25, 0.3) is 0 Å². The van der Waals surface area contributed by atoms with Gasteiger partial charge >= 0.3 is 0 Å². The maximum Gasteiger partial charge on any atom is 0.260 e. The molecule has 12 rings (SSSR count). The standard InChI is InChI=1S/C29H40N2O4.C29H38N2O4.C29H36N2O4.C28H33BrN2O4/c3*1-19(2)9-6-10-20(3)11-7-12-21(4)15-16-31-24-17-22(32)18-26(34)28(24)30(5)27-23(29(31)35)13-8-14-25(27)33;1-17(2)8-5-9-18(3)10-6-11-19(4)14-15-31-21-16-23(33)24(29)27(34)26(21)30-25-20(28(31)35)12-7-13-22(25)32/h8,13-15,17-20,32-34H,6-7,9-12,16H2,1-5H3;8,11,13-15,17-19,32-34H,6-7,9-10,12,16H2,1-5H3;8-9,11,13-15,17-18,32-34H,6-7,10,12,16H2,1-5H3;7-8,10,12-14,16,30,32-34H,5-6,9,11,15H2,1-4H3/b21-15+;2*20-11+,21-15+;18-10+,19-14+/i;;5D3;. The Labute approximate surface area is 840 Å². The summed E-state index contributed by atoms with van der Waals surface area (Å²) in [6.45, 7) is 32.4. The number of phenols is 12. The second kappa shape index (κ2) is 51.5. The first-order valence-electron chi connectivity index (χ1n) is 50.0. The number of hydrogen-bond donors (Lipinski definition) is 13. The molecule has 4 amide bonds. The van der Waals surface area contributed by atoms with Crippen molar-refractivity contribution in [2.45, 2.75) is 233 Å². The number of phenolic OH excluding ortho intramolecular Hbond substituents is 12. The molecule has 0 aliphatic carbocycles. The number of hydrogen-bond acceptors (Lipinski definition) is 20. The molecule has 1 atom stereocenters. The highest BCUT2D eigenvalue weighted by Crippen LogP contribution is 2.55. The number of amides is 4. The highest BCUT2D eigenvalue weighted by molar-refractivity contribution is 9.10. The number of nitrogens with one attached hydrogen (secondary N) is 1. The lowest BCUT2D eigenvalue weighted by molar-refractivity contribution is 0.0983. The van der Waals surface area contributed by atoms with Gasteiger partial charge in [-0.25, -0.2) is 0 Å². The van der Waals surface area contributed by atoms with Gasteiger partial charge in [0.05, 0.1) is 67.8 Å². The topological polar surface area (TPSA) is 346 Å². The van der Waals surface area contributed by atoms with Crippen LogP contribution >= 0.6 is 15.9 Å². The molecule has 4 heterocycles. The fourth-order valence-corrected chi connectivity index (χ4v) is 17.7. The Balaban J connectivity index is 0.000000213. The predicted octanol–water partition coefficient (Wildman–Crippen LogP) is 28.8. The van der Waals surface area contributed by atoms with Gasteiger partial charge in [0.25, 0.3) is 23.6 Å². The van der Waals surface area contributed by atoms with E-state index in [4.69, 9.17) is 4.11 Å². The van der Waals surface area contributed by atoms with Crippen LogP contribution in [0.15, 0.2) is 225 Å². The number of benzene rings is 8. The Kier molecular flexibility index (Phi) is 38.8. The van der Waals surface area contributed by atoms with Crippen molar-refractivity contribution in [3.05, 3.63) is 247 Å². The van der Waals surface area contributed by atoms with Crippen LogP contribution in [0.4, 0.5) is 68.2 Å². The van der Waals surface area contributed by atoms with Gasteiger partial charge in [-0.05, 0) is 248 Å². The second-order valence-electron chi connectivity index (χ2n) is 38.6. The Bertz CT molecular complexity index is 6190. The average Bonchev–Trinajstić information content (AvgIpc) is 1.60. The summed E-state index contributed by atoms with van der Waals surface area (Å²) in [5.41, 5.74) is 14.7. The summed E-state index contributed by atoms with van der Waals surface area (Å²) in [6.07, 6.45) is 39.2. The van der Waals surface area contributed by atoms with E-state index < -0.39 is 24.4 Å². The quantitative estimate of drug-likeness (QED) is 0.00997. The molecule has 24 nitrogen and oxygen atoms in total. The number of rotatable bonds is 35. The monoisotopic (exact) mass is 1980 g/mol. The van der Waals surface area contributed by atoms with E-state index in [0.717, 1.165) is 123 Å². The molecular weight excluding hydrogens is 1830 g/mol. The molecule has 140 heavy (non-hydrogen) atoms. The molecule has 13 N–H and O–H groups in total. The average molecular weight is 1980 g/mol. The van der Waals surface area contributed by atoms with Gasteiger partial charge in [0.2, 0.25) is 0 Å². The summed E-state index contributed by atoms with van der Waals surface area (Å²) >= 11 is 3.18. The summed E-state index contributed by atoms with van der Waals surface area (Å²) in [7, 11) is 3.37. The van der Waals surface area contributed by atoms with Gasteiger partial charge in [-0.1, -0.05) is 196 Å². The molecule has 0 fully saturated rings. The number of anilines is 12. The molecule has 8 aromatic rings. The lowest BCUT2D eigenvalue weighted by Crippen LogP contribution is -2.30. The third-order valence-electron chi connectivity index (χ3n) is 25.4. The highest BCUT2D eigenvalue weighted by atomic mass is 79.9. The fraction of sp³-hybridized carbons (Fsp3) is 0.391. The minimum Gasteiger partial charge on any atom is -0.508 e. The van der Waals surface area contributed by atoms with Crippen LogP contribution in [0.2, 0.25) is 0 Å². The van der Waals surface area contributed by atoms with Crippen molar-refractivity contribution in [2.24, 2.45) is 17.8 Å². The molecule has 0 aromatic heterocycles. The van der Waals surface area contributed by atoms with Crippen LogP contribution in [0.3, 0.4) is 0 Å². The molecule has 0 saturated carbocycles. The van der Waals surface area contributed by atoms with Crippen molar-refractivity contribution in [2.75, 3.05) is 86.9 Å². The second-order valence-corrected chi connectivity index (χ2v) is 39.4. The highest BCUT2D eigenvalue weighted by Gasteiger charge is 2.38. The summed E-state index contributed by atoms with van der Waals surface area (Å²) < 4.78 is 24.5. The summed E-state index contributed by atoms with van der Waals surface area (Å²) in [5, 5.41) is 129. The van der Waals surface area contributed by atoms with Crippen LogP contribution in [-0.4, -0.2) is 132 Å². The van der Waals surface area contributed by atoms with Gasteiger partial charge in [0.15, 0.2) is 5.75 Å². The maximum atomic E-state index is 13.7. The predicted molar refractivity (Wildman–Crippen MR) is 575 cm³/mol. The molecular formula is C115H147BrN8O16. The van der Waals surface area contributed by atoms with Gasteiger partial charge in [-0.2, -0.15) is 0 Å². The Morgan fingerprint density at radius 3 is 1.00 bits per heavy atom. The smallest absolute Gasteiger partial charge is 0.260 e. The molecule has 4 aliphatic heterocycles. The van der Waals surface area contributed by atoms with Crippen LogP contribution in [0.5, 0.6) is 69.0 Å². The molecule has 0 saturated heterocycles. The first-order chi connectivity index (χ1) is 67.6. The van der Waals surface area contributed by atoms with E-state index in [2.05, 4.69) is 149 Å². The molecule has 1 unspecified atom stereocenters. The van der Waals surface area contributed by atoms with Gasteiger partial charge in [0, 0.05) is 93.8 Å². The van der Waals surface area contributed by atoms with Gasteiger partial charge in [0.1, 0.15) is 90.5 Å². The first kappa shape index (κ1) is 105. The number of allylic oxidation sites excluding steroid dienone is 14. The van der Waals surface area contributed by atoms with E-state index in [1.54, 1.807) is 65.2 Å². The van der Waals surface area contributed by atoms with E-state index in [1.165, 1.54) is 159 Å². The molecule has 0 radical (unpaired) electrons. The van der Waals surface area contributed by atoms with Gasteiger partial charge in [-0.3, -0.25) is 19.2 Å². The maximum absolute atomic E-state index is 13.7. The van der Waals surface area contributed by atoms with Crippen molar-refractivity contribution in [3.8, 4) is 69.0 Å². The molecule has 0 spiro atoms. The number of aromatic hydroxyl groups is 12. The zero-order chi connectivity index (χ0) is 105. The Morgan fingerprint density at radius 1 is 0.329 bits per heavy atom. The largest absolute Gasteiger partial charge is 0.508 e. The third kappa shape index (κ3) is 29.4. The molecule has 25 heteroatoms. The lowest BCUT2D eigenvalue weighted by Gasteiger charge is -2.25. The van der Waals surface area contributed by atoms with Gasteiger partial charge in [-0.15, -0.1) is 0 Å². The van der Waals surface area contributed by atoms with E-state index >= 15 is 0 Å². The Morgan fingerprint density at radius 2 is 0.629 bits per heavy atom. The van der Waals surface area contributed by atoms with Crippen molar-refractivity contribution < 1.29 is 84.6 Å². The first-order valence-corrected chi connectivity index (χ1v) is 49.3. The van der Waals surface area contributed by atoms with Crippen molar-refractivity contribution in [1.29, 1.82) is 0 Å². The summed E-state index contributed by atoms with van der Waals surface area (Å²) in [4.78, 5) is 64.2. The molecule has 8 aromatic carbocycles. The van der Waals surface area contributed by atoms with Crippen LogP contribution < -0.4 is 39.6 Å². The SMILES string of the molecule is C/C(=C\CN1C(=O)c2cccc(O)c2N(C)c2c(O)cc(O)cc21)CC/C=C(\C)CCCC(C)C.C/C(=C\CN1C(=O)c2cccc(O)c2N(C)c2c(O)cc(O)cc21)CCCC(C)CCCC(C)C.CC(C)=CCC/C(C)=C/CC/C(C)=C/CN1C(=O)c2cccc(O)c2Nc2c1cc(O)c(Br)c2O.[2H]C([2H])([2H])N1c2c(O)cccc2C(=O)N(C/C=C(\C)CC/C=C(\C)CCC=C(C)C)c2cc(O)cc(O)c21. The van der Waals surface area contributed by atoms with Crippen LogP contribution in [0, 0.1) is 17.8 Å². The lowest BCUT2D eigenvalue weighted by atomic mass is 9.94. The van der Waals surface area contributed by atoms with E-state index in [-0.39, 0.29) is 139 Å². The van der Waals surface area contributed by atoms with Crippen molar-refractivity contribution >= 4 is 108 Å². The molecule has 4 aliphatic rings. The van der Waals surface area contributed by atoms with Crippen LogP contribution in [-0.2, 0) is 0 Å². The zero-order valence-electron chi connectivity index (χ0n) is 87.7. The normalized spacial score (nSPS) is 14.5. The molecule has 0 bridgehead atoms. The van der Waals surface area contributed by atoms with Gasteiger partial charge < -0.3 is 101 Å². The van der Waals surface area contributed by atoms with Crippen molar-refractivity contribution in [1.82, 2.24) is 0 Å². The third-order valence-corrected chi connectivity index (χ3v) is 26.2.